The summed E-state index contributed by atoms with van der Waals surface area (Å²) in [6.07, 6.45) is 23.2. The molecule has 0 radical (unpaired) electrons. The molecule has 63 heavy (non-hydrogen) atoms. The van der Waals surface area contributed by atoms with E-state index in [1.807, 2.05) is 27.7 Å². The van der Waals surface area contributed by atoms with E-state index in [4.69, 9.17) is 18.9 Å². The van der Waals surface area contributed by atoms with Crippen molar-refractivity contribution in [1.29, 1.82) is 0 Å². The van der Waals surface area contributed by atoms with Crippen LogP contribution in [0.4, 0.5) is 0 Å². The summed E-state index contributed by atoms with van der Waals surface area (Å²) in [5, 5.41) is 0. The van der Waals surface area contributed by atoms with Gasteiger partial charge in [-0.1, -0.05) is 77.2 Å². The van der Waals surface area contributed by atoms with Gasteiger partial charge in [-0.3, -0.25) is 19.2 Å². The van der Waals surface area contributed by atoms with Crippen LogP contribution in [0.25, 0.3) is 0 Å². The zero-order valence-corrected chi connectivity index (χ0v) is 37.5. The summed E-state index contributed by atoms with van der Waals surface area (Å²) in [6.45, 7) is 12.3. The number of ether oxygens (including phenoxy) is 4. The Labute approximate surface area is 385 Å². The molecule has 18 unspecified atom stereocenters. The third kappa shape index (κ3) is 9.30. The molecule has 8 heteroatoms. The largest absolute Gasteiger partial charge is 0.462 e. The summed E-state index contributed by atoms with van der Waals surface area (Å²) in [4.78, 5) is 51.3. The molecular weight excluding hydrogens is 789 g/mol. The first kappa shape index (κ1) is 51.9. The van der Waals surface area contributed by atoms with Crippen LogP contribution >= 0.6 is 0 Å². The fourth-order valence-electron chi connectivity index (χ4n) is 16.5. The number of fused-ring (bicyclic) bond motifs is 18. The van der Waals surface area contributed by atoms with Crippen LogP contribution in [0.5, 0.6) is 0 Å². The average Bonchev–Trinajstić information content (AvgIpc) is 4.10. The molecule has 10 fully saturated rings. The molecular formula is C55H94O8. The maximum Gasteiger partial charge on any atom is 0.309 e. The van der Waals surface area contributed by atoms with Crippen molar-refractivity contribution in [3.8, 4) is 0 Å². The Bertz CT molecular complexity index is 1580. The van der Waals surface area contributed by atoms with Crippen molar-refractivity contribution in [2.75, 3.05) is 0 Å². The lowest BCUT2D eigenvalue weighted by molar-refractivity contribution is -0.174. The second-order valence-electron chi connectivity index (χ2n) is 22.6. The van der Waals surface area contributed by atoms with Crippen LogP contribution < -0.4 is 0 Å². The average molecular weight is 883 g/mol. The van der Waals surface area contributed by atoms with E-state index in [0.29, 0.717) is 59.2 Å². The van der Waals surface area contributed by atoms with Crippen molar-refractivity contribution in [2.24, 2.45) is 94.7 Å². The molecule has 0 spiro atoms. The molecule has 0 aromatic heterocycles. The van der Waals surface area contributed by atoms with Crippen LogP contribution in [0.15, 0.2) is 0 Å². The summed E-state index contributed by atoms with van der Waals surface area (Å²) in [7, 11) is 0. The Morgan fingerprint density at radius 1 is 0.492 bits per heavy atom. The fraction of sp³-hybridized carbons (Fsp3) is 0.927. The lowest BCUT2D eigenvalue weighted by atomic mass is 9.66. The van der Waals surface area contributed by atoms with Gasteiger partial charge in [0.05, 0.1) is 23.7 Å². The first-order chi connectivity index (χ1) is 28.4. The van der Waals surface area contributed by atoms with Gasteiger partial charge in [-0.15, -0.1) is 0 Å². The predicted octanol–water partition coefficient (Wildman–Crippen LogP) is 13.2. The van der Waals surface area contributed by atoms with Crippen molar-refractivity contribution in [3.05, 3.63) is 0 Å². The molecule has 0 saturated heterocycles. The molecule has 0 heterocycles. The van der Waals surface area contributed by atoms with Crippen molar-refractivity contribution in [3.63, 3.8) is 0 Å². The lowest BCUT2D eigenvalue weighted by Crippen LogP contribution is -2.44. The molecule has 8 bridgehead atoms. The number of esters is 4. The van der Waals surface area contributed by atoms with Gasteiger partial charge < -0.3 is 18.9 Å². The molecule has 362 valence electrons. The second kappa shape index (κ2) is 20.4. The highest BCUT2D eigenvalue weighted by Gasteiger charge is 2.68. The van der Waals surface area contributed by atoms with Gasteiger partial charge in [-0.25, -0.2) is 0 Å². The lowest BCUT2D eigenvalue weighted by Gasteiger charge is -2.42. The maximum absolute atomic E-state index is 13.3. The van der Waals surface area contributed by atoms with Gasteiger partial charge in [0.1, 0.15) is 23.4 Å². The van der Waals surface area contributed by atoms with Gasteiger partial charge in [0.25, 0.3) is 0 Å². The van der Waals surface area contributed by atoms with Gasteiger partial charge in [-0.05, 0) is 200 Å². The Kier molecular flexibility index (Phi) is 16.8. The molecule has 10 aliphatic rings. The van der Waals surface area contributed by atoms with E-state index in [2.05, 4.69) is 13.8 Å². The predicted molar refractivity (Wildman–Crippen MR) is 251 cm³/mol. The van der Waals surface area contributed by atoms with Crippen LogP contribution in [0, 0.1) is 94.7 Å². The van der Waals surface area contributed by atoms with E-state index in [9.17, 15) is 19.2 Å². The van der Waals surface area contributed by atoms with E-state index in [1.54, 1.807) is 0 Å². The quantitative estimate of drug-likeness (QED) is 0.115. The first-order valence-electron chi connectivity index (χ1n) is 25.2. The summed E-state index contributed by atoms with van der Waals surface area (Å²) in [6, 6.07) is 0. The molecule has 0 aliphatic heterocycles. The fourth-order valence-corrected chi connectivity index (χ4v) is 16.5. The van der Waals surface area contributed by atoms with Crippen LogP contribution in [0.3, 0.4) is 0 Å². The monoisotopic (exact) mass is 883 g/mol. The summed E-state index contributed by atoms with van der Waals surface area (Å²) in [5.41, 5.74) is -0.431. The Balaban J connectivity index is 0.000000223. The molecule has 10 aliphatic carbocycles. The van der Waals surface area contributed by atoms with Crippen molar-refractivity contribution in [2.45, 2.75) is 229 Å². The van der Waals surface area contributed by atoms with Crippen LogP contribution in [-0.2, 0) is 38.1 Å². The van der Waals surface area contributed by atoms with Gasteiger partial charge >= 0.3 is 23.9 Å². The molecule has 10 saturated carbocycles. The molecule has 8 nitrogen and oxygen atoms in total. The van der Waals surface area contributed by atoms with E-state index < -0.39 is 0 Å². The standard InChI is InChI=1S/C26H40O4.C25H38O4.4CH4/c1-4-15(3)24(27)29-21-14-17-13-20(21)23-18-11-16(22(17)23)12-19(18)25(28)30-26(5-2)9-7-6-8-10-26;1-4-14(2)23(26)28-20-13-16-12-19(20)22-17-10-15(21(16)22)11-18(17)24(27)29-25(3)8-6-5-7-9-25;;;;/h15-23H,4-14H2,1-3H3;14-22H,4-13H2,1-3H3;4*1H4. The number of carbonyl (C=O) groups is 4. The zero-order valence-electron chi connectivity index (χ0n) is 37.5. The Hall–Kier alpha value is -2.12. The number of hydrogen-bond acceptors (Lipinski definition) is 8. The molecule has 18 atom stereocenters. The normalized spacial score (nSPS) is 41.7. The first-order valence-corrected chi connectivity index (χ1v) is 25.2. The maximum atomic E-state index is 13.3. The van der Waals surface area contributed by atoms with Crippen molar-refractivity contribution in [1.82, 2.24) is 0 Å². The van der Waals surface area contributed by atoms with Gasteiger partial charge in [0.15, 0.2) is 0 Å². The van der Waals surface area contributed by atoms with E-state index in [0.717, 1.165) is 82.5 Å². The van der Waals surface area contributed by atoms with E-state index >= 15 is 0 Å². The summed E-state index contributed by atoms with van der Waals surface area (Å²) >= 11 is 0. The van der Waals surface area contributed by atoms with Gasteiger partial charge in [0, 0.05) is 0 Å². The zero-order chi connectivity index (χ0) is 41.4. The third-order valence-corrected chi connectivity index (χ3v) is 19.7. The summed E-state index contributed by atoms with van der Waals surface area (Å²) < 4.78 is 24.5. The Morgan fingerprint density at radius 2 is 0.873 bits per heavy atom. The number of rotatable bonds is 11. The highest BCUT2D eigenvalue weighted by molar-refractivity contribution is 5.75. The second-order valence-corrected chi connectivity index (χ2v) is 22.6. The van der Waals surface area contributed by atoms with Crippen LogP contribution in [0.1, 0.15) is 206 Å². The van der Waals surface area contributed by atoms with Crippen molar-refractivity contribution >= 4 is 23.9 Å². The van der Waals surface area contributed by atoms with E-state index in [1.165, 1.54) is 64.2 Å². The minimum Gasteiger partial charge on any atom is -0.462 e. The van der Waals surface area contributed by atoms with Crippen LogP contribution in [-0.4, -0.2) is 47.3 Å². The summed E-state index contributed by atoms with van der Waals surface area (Å²) in [5.74, 6) is 7.71. The van der Waals surface area contributed by atoms with Gasteiger partial charge in [0.2, 0.25) is 0 Å². The third-order valence-electron chi connectivity index (χ3n) is 19.7. The minimum atomic E-state index is -0.237. The smallest absolute Gasteiger partial charge is 0.309 e. The Morgan fingerprint density at radius 3 is 1.29 bits per heavy atom. The molecule has 10 rings (SSSR count). The molecule has 0 aromatic carbocycles. The molecule has 0 amide bonds. The SMILES string of the molecule is C.C.C.C.CCC(C)C(=O)OC1CC2CC1C1C3CC(CC3C(=O)OC3(C)CCCCC3)C21.CCC(C)C(=O)OC1CC2CC1C1C3CC(CC3C(=O)OC3(CC)CCCCC3)C21. The highest BCUT2D eigenvalue weighted by Crippen LogP contribution is 2.71. The number of carbonyl (C=O) groups excluding carboxylic acids is 4. The number of hydrogen-bond donors (Lipinski definition) is 0. The topological polar surface area (TPSA) is 105 Å². The van der Waals surface area contributed by atoms with Crippen molar-refractivity contribution < 1.29 is 38.1 Å². The van der Waals surface area contributed by atoms with Gasteiger partial charge in [-0.2, -0.15) is 0 Å². The molecule has 0 N–H and O–H groups in total. The minimum absolute atomic E-state index is 0. The van der Waals surface area contributed by atoms with Crippen LogP contribution in [0.2, 0.25) is 0 Å². The van der Waals surface area contributed by atoms with E-state index in [-0.39, 0.29) is 101 Å². The molecule has 0 aromatic rings. The highest BCUT2D eigenvalue weighted by atomic mass is 16.6.